The van der Waals surface area contributed by atoms with Crippen LogP contribution in [0.3, 0.4) is 0 Å². The Bertz CT molecular complexity index is 868. The average Bonchev–Trinajstić information content (AvgIpc) is 3.36. The van der Waals surface area contributed by atoms with Crippen LogP contribution < -0.4 is 0 Å². The van der Waals surface area contributed by atoms with Gasteiger partial charge >= 0.3 is 0 Å². The lowest BCUT2D eigenvalue weighted by Crippen LogP contribution is -2.32. The number of aliphatic hydroxyl groups excluding tert-OH is 2. The molecule has 0 bridgehead atoms. The molecule has 1 aromatic rings. The Kier molecular flexibility index (Phi) is 11.7. The molecule has 3 rings (SSSR count). The minimum Gasteiger partial charge on any atom is -0.392 e. The molecular formula is C32H49NO3. The van der Waals surface area contributed by atoms with Crippen LogP contribution in [-0.2, 0) is 11.2 Å². The molecule has 0 heterocycles. The van der Waals surface area contributed by atoms with Crippen molar-refractivity contribution in [2.24, 2.45) is 17.8 Å². The first kappa shape index (κ1) is 28.7. The van der Waals surface area contributed by atoms with E-state index >= 15 is 0 Å². The van der Waals surface area contributed by atoms with Gasteiger partial charge in [-0.2, -0.15) is 0 Å². The average molecular weight is 496 g/mol. The van der Waals surface area contributed by atoms with E-state index in [1.165, 1.54) is 11.1 Å². The van der Waals surface area contributed by atoms with Gasteiger partial charge in [0.05, 0.1) is 12.2 Å². The number of benzene rings is 1. The maximum atomic E-state index is 12.7. The molecule has 2 aliphatic carbocycles. The molecule has 0 unspecified atom stereocenters. The number of nitrogens with zero attached hydrogens (tertiary/aromatic N) is 1. The van der Waals surface area contributed by atoms with Crippen molar-refractivity contribution in [2.45, 2.75) is 104 Å². The molecule has 0 spiro atoms. The molecular weight excluding hydrogens is 446 g/mol. The third-order valence-corrected chi connectivity index (χ3v) is 8.09. The maximum Gasteiger partial charge on any atom is 0.222 e. The molecule has 1 amide bonds. The predicted octanol–water partition coefficient (Wildman–Crippen LogP) is 6.39. The fourth-order valence-corrected chi connectivity index (χ4v) is 6.04. The van der Waals surface area contributed by atoms with Crippen molar-refractivity contribution in [3.05, 3.63) is 59.2 Å². The van der Waals surface area contributed by atoms with Gasteiger partial charge < -0.3 is 15.1 Å². The van der Waals surface area contributed by atoms with Crippen molar-refractivity contribution in [3.8, 4) is 0 Å². The number of unbranched alkanes of at least 4 members (excludes halogenated alkanes) is 3. The van der Waals surface area contributed by atoms with Crippen LogP contribution in [0.2, 0.25) is 0 Å². The highest BCUT2D eigenvalue weighted by atomic mass is 16.3. The van der Waals surface area contributed by atoms with Gasteiger partial charge in [-0.25, -0.2) is 0 Å². The number of allylic oxidation sites excluding steroid dienone is 2. The zero-order chi connectivity index (χ0) is 25.9. The maximum absolute atomic E-state index is 12.7. The Hall–Kier alpha value is -1.91. The molecule has 200 valence electrons. The van der Waals surface area contributed by atoms with Crippen LogP contribution in [-0.4, -0.2) is 46.3 Å². The standard InChI is InChI=1S/C32H49NO3/c1-4-6-17-33(18-7-5-2)32(36)14-9-8-12-26-20-27-23-31(35)29(30(27)22-26)16-15-28(34)21-25-13-10-11-24(3)19-25/h10-11,13,15-16,19-20,27-31,34-35H,4-9,12,14,17-18,21-23H2,1-3H3/b16-15+/t27-,28+,29+,30-,31+/m0/s1. The highest BCUT2D eigenvalue weighted by Gasteiger charge is 2.43. The number of aryl methyl sites for hydroxylation is 1. The summed E-state index contributed by atoms with van der Waals surface area (Å²) in [6.45, 7) is 8.24. The van der Waals surface area contributed by atoms with E-state index in [2.05, 4.69) is 56.0 Å². The van der Waals surface area contributed by atoms with Gasteiger partial charge in [-0.1, -0.05) is 80.3 Å². The van der Waals surface area contributed by atoms with E-state index in [0.29, 0.717) is 30.6 Å². The van der Waals surface area contributed by atoms with E-state index in [-0.39, 0.29) is 12.0 Å². The van der Waals surface area contributed by atoms with Gasteiger partial charge in [0.25, 0.3) is 0 Å². The highest BCUT2D eigenvalue weighted by Crippen LogP contribution is 2.48. The zero-order valence-corrected chi connectivity index (χ0v) is 22.9. The Morgan fingerprint density at radius 2 is 1.89 bits per heavy atom. The Morgan fingerprint density at radius 3 is 2.58 bits per heavy atom. The Morgan fingerprint density at radius 1 is 1.14 bits per heavy atom. The number of carbonyl (C=O) groups excluding carboxylic acids is 1. The number of aliphatic hydroxyl groups is 2. The van der Waals surface area contributed by atoms with Gasteiger partial charge in [-0.3, -0.25) is 4.79 Å². The third kappa shape index (κ3) is 8.59. The smallest absolute Gasteiger partial charge is 0.222 e. The summed E-state index contributed by atoms with van der Waals surface area (Å²) in [5.41, 5.74) is 3.84. The fourth-order valence-electron chi connectivity index (χ4n) is 6.04. The SMILES string of the molecule is CCCCN(CCCC)C(=O)CCCCC1=C[C@H]2C[C@@H](O)[C@H](/C=C/[C@@H](O)Cc3cccc(C)c3)[C@H]2C1. The van der Waals surface area contributed by atoms with Crippen LogP contribution in [0.4, 0.5) is 0 Å². The normalized spacial score (nSPS) is 24.2. The van der Waals surface area contributed by atoms with Crippen LogP contribution in [0.15, 0.2) is 48.1 Å². The van der Waals surface area contributed by atoms with E-state index in [4.69, 9.17) is 0 Å². The Labute approximate surface area is 219 Å². The predicted molar refractivity (Wildman–Crippen MR) is 149 cm³/mol. The molecule has 2 N–H and O–H groups in total. The van der Waals surface area contributed by atoms with Crippen LogP contribution in [0.5, 0.6) is 0 Å². The summed E-state index contributed by atoms with van der Waals surface area (Å²) in [6, 6.07) is 8.27. The molecule has 5 atom stereocenters. The number of rotatable bonds is 15. The van der Waals surface area contributed by atoms with Gasteiger partial charge in [-0.05, 0) is 69.3 Å². The van der Waals surface area contributed by atoms with Crippen molar-refractivity contribution in [2.75, 3.05) is 13.1 Å². The molecule has 0 radical (unpaired) electrons. The van der Waals surface area contributed by atoms with Crippen molar-refractivity contribution >= 4 is 5.91 Å². The van der Waals surface area contributed by atoms with E-state index < -0.39 is 6.10 Å². The van der Waals surface area contributed by atoms with Crippen molar-refractivity contribution < 1.29 is 15.0 Å². The van der Waals surface area contributed by atoms with Crippen molar-refractivity contribution in [1.82, 2.24) is 4.90 Å². The summed E-state index contributed by atoms with van der Waals surface area (Å²) in [4.78, 5) is 14.8. The number of hydrogen-bond donors (Lipinski definition) is 2. The van der Waals surface area contributed by atoms with Crippen LogP contribution in [0, 0.1) is 24.7 Å². The second-order valence-electron chi connectivity index (χ2n) is 11.2. The van der Waals surface area contributed by atoms with Crippen LogP contribution >= 0.6 is 0 Å². The molecule has 4 nitrogen and oxygen atoms in total. The molecule has 0 saturated heterocycles. The van der Waals surface area contributed by atoms with Gasteiger partial charge in [-0.15, -0.1) is 0 Å². The molecule has 0 aromatic heterocycles. The van der Waals surface area contributed by atoms with E-state index in [0.717, 1.165) is 76.4 Å². The lowest BCUT2D eigenvalue weighted by Gasteiger charge is -2.22. The number of hydrogen-bond acceptors (Lipinski definition) is 3. The summed E-state index contributed by atoms with van der Waals surface area (Å²) in [7, 11) is 0. The largest absolute Gasteiger partial charge is 0.392 e. The minimum atomic E-state index is -0.529. The molecule has 2 aliphatic rings. The van der Waals surface area contributed by atoms with Crippen molar-refractivity contribution in [1.29, 1.82) is 0 Å². The van der Waals surface area contributed by atoms with E-state index in [9.17, 15) is 15.0 Å². The molecule has 36 heavy (non-hydrogen) atoms. The fraction of sp³-hybridized carbons (Fsp3) is 0.656. The first-order chi connectivity index (χ1) is 17.4. The summed E-state index contributed by atoms with van der Waals surface area (Å²) >= 11 is 0. The van der Waals surface area contributed by atoms with Crippen molar-refractivity contribution in [3.63, 3.8) is 0 Å². The quantitative estimate of drug-likeness (QED) is 0.219. The summed E-state index contributed by atoms with van der Waals surface area (Å²) < 4.78 is 0. The second kappa shape index (κ2) is 14.7. The summed E-state index contributed by atoms with van der Waals surface area (Å²) in [5.74, 6) is 1.33. The molecule has 4 heteroatoms. The highest BCUT2D eigenvalue weighted by molar-refractivity contribution is 5.76. The number of fused-ring (bicyclic) bond motifs is 1. The van der Waals surface area contributed by atoms with Gasteiger partial charge in [0.2, 0.25) is 5.91 Å². The van der Waals surface area contributed by atoms with Crippen LogP contribution in [0.25, 0.3) is 0 Å². The first-order valence-corrected chi connectivity index (χ1v) is 14.5. The lowest BCUT2D eigenvalue weighted by atomic mass is 9.88. The second-order valence-corrected chi connectivity index (χ2v) is 11.2. The number of carbonyl (C=O) groups is 1. The zero-order valence-electron chi connectivity index (χ0n) is 22.9. The Balaban J connectivity index is 1.42. The van der Waals surface area contributed by atoms with E-state index in [1.54, 1.807) is 0 Å². The van der Waals surface area contributed by atoms with Gasteiger partial charge in [0.15, 0.2) is 0 Å². The third-order valence-electron chi connectivity index (χ3n) is 8.09. The monoisotopic (exact) mass is 495 g/mol. The lowest BCUT2D eigenvalue weighted by molar-refractivity contribution is -0.131. The van der Waals surface area contributed by atoms with Gasteiger partial charge in [0, 0.05) is 31.8 Å². The minimum absolute atomic E-state index is 0.114. The first-order valence-electron chi connectivity index (χ1n) is 14.5. The number of amides is 1. The van der Waals surface area contributed by atoms with E-state index in [1.807, 2.05) is 12.1 Å². The van der Waals surface area contributed by atoms with Gasteiger partial charge in [0.1, 0.15) is 0 Å². The molecule has 1 aromatic carbocycles. The molecule has 0 aliphatic heterocycles. The molecule has 1 fully saturated rings. The summed E-state index contributed by atoms with van der Waals surface area (Å²) in [5, 5.41) is 21.2. The topological polar surface area (TPSA) is 60.8 Å². The van der Waals surface area contributed by atoms with Crippen LogP contribution in [0.1, 0.15) is 89.2 Å². The molecule has 1 saturated carbocycles. The summed E-state index contributed by atoms with van der Waals surface area (Å²) in [6.07, 6.45) is 16.2.